The lowest BCUT2D eigenvalue weighted by Gasteiger charge is -2.22. The Bertz CT molecular complexity index is 1510. The van der Waals surface area contributed by atoms with Crippen LogP contribution in [0.15, 0.2) is 60.8 Å². The fraction of sp³-hybridized carbons (Fsp3) is 0.276. The summed E-state index contributed by atoms with van der Waals surface area (Å²) in [5.41, 5.74) is 1.65. The molecule has 0 bridgehead atoms. The molecule has 0 aliphatic heterocycles. The van der Waals surface area contributed by atoms with Gasteiger partial charge in [0.05, 0.1) is 11.7 Å². The van der Waals surface area contributed by atoms with Crippen LogP contribution in [0.1, 0.15) is 47.1 Å². The van der Waals surface area contributed by atoms with Gasteiger partial charge in [0.15, 0.2) is 5.69 Å². The van der Waals surface area contributed by atoms with Crippen molar-refractivity contribution in [2.75, 3.05) is 0 Å². The molecule has 5 nitrogen and oxygen atoms in total. The van der Waals surface area contributed by atoms with Crippen molar-refractivity contribution in [1.82, 2.24) is 20.1 Å². The highest BCUT2D eigenvalue weighted by Gasteiger charge is 2.39. The van der Waals surface area contributed by atoms with Crippen LogP contribution >= 0.6 is 11.6 Å². The second-order valence-electron chi connectivity index (χ2n) is 9.68. The predicted octanol–water partition coefficient (Wildman–Crippen LogP) is 6.87. The summed E-state index contributed by atoms with van der Waals surface area (Å²) in [7, 11) is 0. The molecule has 1 amide bonds. The van der Waals surface area contributed by atoms with E-state index in [0.29, 0.717) is 41.2 Å². The number of nitrogens with zero attached hydrogens (tertiary/aromatic N) is 3. The van der Waals surface area contributed by atoms with Gasteiger partial charge in [-0.2, -0.15) is 18.3 Å². The lowest BCUT2D eigenvalue weighted by molar-refractivity contribution is -0.142. The first-order valence-electron chi connectivity index (χ1n) is 12.7. The Morgan fingerprint density at radius 3 is 2.42 bits per heavy atom. The molecule has 2 aromatic heterocycles. The van der Waals surface area contributed by atoms with Crippen molar-refractivity contribution in [2.24, 2.45) is 0 Å². The van der Waals surface area contributed by atoms with Gasteiger partial charge in [-0.25, -0.2) is 8.78 Å². The molecule has 0 unspecified atom stereocenters. The highest BCUT2D eigenvalue weighted by molar-refractivity contribution is 6.30. The molecule has 4 aromatic rings. The Morgan fingerprint density at radius 2 is 1.73 bits per heavy atom. The number of rotatable bonds is 7. The van der Waals surface area contributed by atoms with Crippen LogP contribution in [0.3, 0.4) is 0 Å². The molecule has 0 fully saturated rings. The van der Waals surface area contributed by atoms with Crippen molar-refractivity contribution >= 4 is 17.5 Å². The van der Waals surface area contributed by atoms with Gasteiger partial charge in [0, 0.05) is 34.1 Å². The third-order valence-corrected chi connectivity index (χ3v) is 7.09. The normalized spacial score (nSPS) is 14.1. The first-order chi connectivity index (χ1) is 19.1. The molecule has 1 aliphatic carbocycles. The van der Waals surface area contributed by atoms with E-state index in [2.05, 4.69) is 15.4 Å². The Morgan fingerprint density at radius 1 is 1.02 bits per heavy atom. The van der Waals surface area contributed by atoms with E-state index in [-0.39, 0.29) is 24.0 Å². The number of pyridine rings is 1. The molecule has 2 aromatic carbocycles. The van der Waals surface area contributed by atoms with Gasteiger partial charge in [-0.1, -0.05) is 29.8 Å². The number of benzene rings is 2. The zero-order valence-corrected chi connectivity index (χ0v) is 21.9. The summed E-state index contributed by atoms with van der Waals surface area (Å²) in [6.07, 6.45) is -1.18. The van der Waals surface area contributed by atoms with Crippen molar-refractivity contribution in [2.45, 2.75) is 50.9 Å². The van der Waals surface area contributed by atoms with Gasteiger partial charge < -0.3 is 5.32 Å². The molecule has 1 N–H and O–H groups in total. The van der Waals surface area contributed by atoms with Crippen LogP contribution in [0, 0.1) is 11.6 Å². The molecule has 1 atom stereocenters. The van der Waals surface area contributed by atoms with E-state index in [1.807, 2.05) is 0 Å². The lowest BCUT2D eigenvalue weighted by Crippen LogP contribution is -2.34. The molecule has 0 saturated carbocycles. The zero-order chi connectivity index (χ0) is 28.4. The SMILES string of the molecule is O=C(Cn1nc(C(F)(F)F)c2c1CCCC2)N[C@@H](Cc1cc(F)cc(F)c1)c1ncccc1-c1ccc(Cl)cc1. The molecule has 208 valence electrons. The average molecular weight is 575 g/mol. The quantitative estimate of drug-likeness (QED) is 0.245. The third-order valence-electron chi connectivity index (χ3n) is 6.84. The third kappa shape index (κ3) is 6.17. The number of halogens is 6. The van der Waals surface area contributed by atoms with Crippen molar-refractivity contribution in [3.05, 3.63) is 106 Å². The van der Waals surface area contributed by atoms with Crippen LogP contribution in [0.2, 0.25) is 5.02 Å². The van der Waals surface area contributed by atoms with Crippen LogP contribution in [-0.2, 0) is 36.8 Å². The summed E-state index contributed by atoms with van der Waals surface area (Å²) in [6.45, 7) is -0.449. The van der Waals surface area contributed by atoms with Gasteiger partial charge in [0.1, 0.15) is 18.2 Å². The first-order valence-corrected chi connectivity index (χ1v) is 13.1. The monoisotopic (exact) mass is 574 g/mol. The standard InChI is InChI=1S/C29H24ClF5N4O/c30-19-9-7-18(8-10-19)22-5-3-11-36-27(22)24(14-17-12-20(31)15-21(32)13-17)37-26(40)16-39-25-6-2-1-4-23(25)28(38-39)29(33,34)35/h3,5,7-13,15,24H,1-2,4,6,14,16H2,(H,37,40)/t24-/m0/s1. The molecular weight excluding hydrogens is 551 g/mol. The van der Waals surface area contributed by atoms with Crippen molar-refractivity contribution in [1.29, 1.82) is 0 Å². The second-order valence-corrected chi connectivity index (χ2v) is 10.1. The highest BCUT2D eigenvalue weighted by Crippen LogP contribution is 2.36. The Labute approximate surface area is 232 Å². The van der Waals surface area contributed by atoms with Gasteiger partial charge in [0.2, 0.25) is 5.91 Å². The number of aromatic nitrogens is 3. The van der Waals surface area contributed by atoms with E-state index < -0.39 is 42.0 Å². The average Bonchev–Trinajstić information content (AvgIpc) is 3.27. The number of amides is 1. The number of carbonyl (C=O) groups is 1. The van der Waals surface area contributed by atoms with Gasteiger partial charge in [-0.15, -0.1) is 0 Å². The van der Waals surface area contributed by atoms with Crippen molar-refractivity contribution in [3.8, 4) is 11.1 Å². The molecule has 5 rings (SSSR count). The second kappa shape index (κ2) is 11.4. The summed E-state index contributed by atoms with van der Waals surface area (Å²) in [5.74, 6) is -2.16. The van der Waals surface area contributed by atoms with Crippen LogP contribution in [-0.4, -0.2) is 20.7 Å². The number of hydrogen-bond donors (Lipinski definition) is 1. The van der Waals surface area contributed by atoms with Crippen LogP contribution in [0.4, 0.5) is 22.0 Å². The highest BCUT2D eigenvalue weighted by atomic mass is 35.5. The number of alkyl halides is 3. The summed E-state index contributed by atoms with van der Waals surface area (Å²) in [6, 6.07) is 12.6. The summed E-state index contributed by atoms with van der Waals surface area (Å²) in [5, 5.41) is 7.12. The topological polar surface area (TPSA) is 59.8 Å². The van der Waals surface area contributed by atoms with Gasteiger partial charge in [0.25, 0.3) is 0 Å². The minimum atomic E-state index is -4.63. The van der Waals surface area contributed by atoms with E-state index in [9.17, 15) is 26.7 Å². The lowest BCUT2D eigenvalue weighted by atomic mass is 9.95. The summed E-state index contributed by atoms with van der Waals surface area (Å²) >= 11 is 6.04. The zero-order valence-electron chi connectivity index (χ0n) is 21.1. The Kier molecular flexibility index (Phi) is 7.89. The smallest absolute Gasteiger partial charge is 0.346 e. The number of fused-ring (bicyclic) bond motifs is 1. The van der Waals surface area contributed by atoms with Gasteiger partial charge >= 0.3 is 6.18 Å². The molecule has 0 spiro atoms. The van der Waals surface area contributed by atoms with E-state index in [0.717, 1.165) is 28.4 Å². The van der Waals surface area contributed by atoms with Gasteiger partial charge in [-0.05, 0) is 73.6 Å². The minimum Gasteiger partial charge on any atom is -0.346 e. The Hall–Kier alpha value is -3.79. The van der Waals surface area contributed by atoms with Crippen molar-refractivity contribution < 1.29 is 26.7 Å². The Balaban J connectivity index is 1.49. The van der Waals surface area contributed by atoms with Crippen LogP contribution in [0.25, 0.3) is 11.1 Å². The van der Waals surface area contributed by atoms with E-state index in [4.69, 9.17) is 11.6 Å². The molecule has 1 aliphatic rings. The molecule has 40 heavy (non-hydrogen) atoms. The maximum Gasteiger partial charge on any atom is 0.435 e. The molecule has 0 radical (unpaired) electrons. The number of hydrogen-bond acceptors (Lipinski definition) is 3. The predicted molar refractivity (Wildman–Crippen MR) is 139 cm³/mol. The maximum atomic E-state index is 14.0. The number of carbonyl (C=O) groups excluding carboxylic acids is 1. The molecule has 0 saturated heterocycles. The van der Waals surface area contributed by atoms with E-state index in [1.165, 1.54) is 6.20 Å². The number of nitrogens with one attached hydrogen (secondary N) is 1. The fourth-order valence-electron chi connectivity index (χ4n) is 5.15. The van der Waals surface area contributed by atoms with Crippen LogP contribution in [0.5, 0.6) is 0 Å². The summed E-state index contributed by atoms with van der Waals surface area (Å²) in [4.78, 5) is 17.8. The molecule has 11 heteroatoms. The summed E-state index contributed by atoms with van der Waals surface area (Å²) < 4.78 is 70.1. The largest absolute Gasteiger partial charge is 0.435 e. The fourth-order valence-corrected chi connectivity index (χ4v) is 5.28. The molecular formula is C29H24ClF5N4O. The van der Waals surface area contributed by atoms with Gasteiger partial charge in [-0.3, -0.25) is 14.5 Å². The van der Waals surface area contributed by atoms with E-state index >= 15 is 0 Å². The van der Waals surface area contributed by atoms with Crippen LogP contribution < -0.4 is 5.32 Å². The van der Waals surface area contributed by atoms with E-state index in [1.54, 1.807) is 36.4 Å². The van der Waals surface area contributed by atoms with Crippen molar-refractivity contribution in [3.63, 3.8) is 0 Å². The first kappa shape index (κ1) is 27.8. The molecule has 2 heterocycles. The minimum absolute atomic E-state index is 0.0248. The maximum absolute atomic E-state index is 14.0.